The lowest BCUT2D eigenvalue weighted by Crippen LogP contribution is -2.29. The molecule has 4 rings (SSSR count). The summed E-state index contributed by atoms with van der Waals surface area (Å²) in [5.41, 5.74) is 2.61. The van der Waals surface area contributed by atoms with Crippen molar-refractivity contribution < 1.29 is 4.79 Å². The molecule has 1 amide bonds. The molecule has 0 unspecified atom stereocenters. The molecule has 1 saturated carbocycles. The van der Waals surface area contributed by atoms with Crippen LogP contribution in [0.3, 0.4) is 0 Å². The van der Waals surface area contributed by atoms with E-state index in [0.717, 1.165) is 24.0 Å². The van der Waals surface area contributed by atoms with Gasteiger partial charge in [0.1, 0.15) is 11.4 Å². The van der Waals surface area contributed by atoms with Gasteiger partial charge in [0.15, 0.2) is 5.82 Å². The molecular formula is C22H22N4O. The number of benzene rings is 2. The van der Waals surface area contributed by atoms with E-state index in [9.17, 15) is 4.79 Å². The second-order valence-corrected chi connectivity index (χ2v) is 6.89. The summed E-state index contributed by atoms with van der Waals surface area (Å²) in [4.78, 5) is 23.9. The van der Waals surface area contributed by atoms with Gasteiger partial charge in [0.05, 0.1) is 0 Å². The zero-order valence-corrected chi connectivity index (χ0v) is 15.3. The molecule has 0 atom stereocenters. The maximum absolute atomic E-state index is 12.7. The van der Waals surface area contributed by atoms with Crippen LogP contribution in [0.5, 0.6) is 0 Å². The molecular weight excluding hydrogens is 336 g/mol. The molecule has 27 heavy (non-hydrogen) atoms. The molecule has 0 saturated heterocycles. The highest BCUT2D eigenvalue weighted by Crippen LogP contribution is 2.25. The van der Waals surface area contributed by atoms with Crippen molar-refractivity contribution in [3.05, 3.63) is 78.0 Å². The largest absolute Gasteiger partial charge is 0.355 e. The van der Waals surface area contributed by atoms with Crippen LogP contribution in [0.15, 0.2) is 66.9 Å². The molecule has 1 aliphatic rings. The van der Waals surface area contributed by atoms with Crippen molar-refractivity contribution in [3.8, 4) is 11.4 Å². The Morgan fingerprint density at radius 2 is 1.74 bits per heavy atom. The van der Waals surface area contributed by atoms with Gasteiger partial charge in [-0.15, -0.1) is 0 Å². The Kier molecular flexibility index (Phi) is 4.83. The second-order valence-electron chi connectivity index (χ2n) is 6.89. The predicted molar refractivity (Wildman–Crippen MR) is 107 cm³/mol. The monoisotopic (exact) mass is 358 g/mol. The van der Waals surface area contributed by atoms with Gasteiger partial charge in [-0.2, -0.15) is 0 Å². The standard InChI is InChI=1S/C22H22N4O/c1-26(15-16-8-4-2-5-9-16)21-19(22(27)24-18-12-13-18)14-23-20(25-21)17-10-6-3-7-11-17/h2-11,14,18H,12-13,15H2,1H3,(H,24,27). The molecule has 0 bridgehead atoms. The summed E-state index contributed by atoms with van der Waals surface area (Å²) in [6.07, 6.45) is 3.73. The molecule has 1 fully saturated rings. The molecule has 136 valence electrons. The number of anilines is 1. The van der Waals surface area contributed by atoms with E-state index < -0.39 is 0 Å². The van der Waals surface area contributed by atoms with Gasteiger partial charge in [0, 0.05) is 31.4 Å². The normalized spacial score (nSPS) is 13.2. The quantitative estimate of drug-likeness (QED) is 0.730. The lowest BCUT2D eigenvalue weighted by molar-refractivity contribution is 0.0951. The summed E-state index contributed by atoms with van der Waals surface area (Å²) < 4.78 is 0. The fourth-order valence-electron chi connectivity index (χ4n) is 2.97. The van der Waals surface area contributed by atoms with E-state index in [1.54, 1.807) is 6.20 Å². The first-order valence-corrected chi connectivity index (χ1v) is 9.19. The summed E-state index contributed by atoms with van der Waals surface area (Å²) in [6.45, 7) is 0.662. The number of amides is 1. The topological polar surface area (TPSA) is 58.1 Å². The molecule has 5 nitrogen and oxygen atoms in total. The number of carbonyl (C=O) groups excluding carboxylic acids is 1. The van der Waals surface area contributed by atoms with Crippen LogP contribution in [0.25, 0.3) is 11.4 Å². The highest BCUT2D eigenvalue weighted by atomic mass is 16.1. The Bertz CT molecular complexity index is 924. The summed E-state index contributed by atoms with van der Waals surface area (Å²) in [7, 11) is 1.96. The Balaban J connectivity index is 1.68. The van der Waals surface area contributed by atoms with E-state index >= 15 is 0 Å². The fourth-order valence-corrected chi connectivity index (χ4v) is 2.97. The van der Waals surface area contributed by atoms with Crippen LogP contribution in [0.4, 0.5) is 5.82 Å². The minimum atomic E-state index is -0.105. The van der Waals surface area contributed by atoms with Gasteiger partial charge in [0.25, 0.3) is 5.91 Å². The summed E-state index contributed by atoms with van der Waals surface area (Å²) >= 11 is 0. The van der Waals surface area contributed by atoms with Crippen LogP contribution < -0.4 is 10.2 Å². The van der Waals surface area contributed by atoms with Crippen molar-refractivity contribution in [2.45, 2.75) is 25.4 Å². The minimum Gasteiger partial charge on any atom is -0.355 e. The Hall–Kier alpha value is -3.21. The summed E-state index contributed by atoms with van der Waals surface area (Å²) in [6, 6.07) is 20.3. The maximum Gasteiger partial charge on any atom is 0.256 e. The van der Waals surface area contributed by atoms with E-state index in [4.69, 9.17) is 4.98 Å². The number of aromatic nitrogens is 2. The number of nitrogens with zero attached hydrogens (tertiary/aromatic N) is 3. The molecule has 0 spiro atoms. The molecule has 1 aliphatic carbocycles. The van der Waals surface area contributed by atoms with Gasteiger partial charge in [-0.1, -0.05) is 60.7 Å². The predicted octanol–water partition coefficient (Wildman–Crippen LogP) is 3.67. The van der Waals surface area contributed by atoms with Gasteiger partial charge >= 0.3 is 0 Å². The van der Waals surface area contributed by atoms with Crippen LogP contribution in [0.1, 0.15) is 28.8 Å². The molecule has 1 N–H and O–H groups in total. The van der Waals surface area contributed by atoms with Crippen molar-refractivity contribution in [1.29, 1.82) is 0 Å². The Morgan fingerprint density at radius 1 is 1.07 bits per heavy atom. The third kappa shape index (κ3) is 4.14. The third-order valence-corrected chi connectivity index (χ3v) is 4.58. The average Bonchev–Trinajstić information content (AvgIpc) is 3.53. The molecule has 0 radical (unpaired) electrons. The SMILES string of the molecule is CN(Cc1ccccc1)c1nc(-c2ccccc2)ncc1C(=O)NC1CC1. The van der Waals surface area contributed by atoms with Crippen molar-refractivity contribution >= 4 is 11.7 Å². The van der Waals surface area contributed by atoms with Gasteiger partial charge in [-0.25, -0.2) is 9.97 Å². The fraction of sp³-hybridized carbons (Fsp3) is 0.227. The van der Waals surface area contributed by atoms with Gasteiger partial charge < -0.3 is 10.2 Å². The molecule has 3 aromatic rings. The Morgan fingerprint density at radius 3 is 2.41 bits per heavy atom. The number of nitrogens with one attached hydrogen (secondary N) is 1. The van der Waals surface area contributed by atoms with Crippen LogP contribution in [0.2, 0.25) is 0 Å². The number of hydrogen-bond acceptors (Lipinski definition) is 4. The molecule has 0 aliphatic heterocycles. The van der Waals surface area contributed by atoms with E-state index in [0.29, 0.717) is 29.8 Å². The first kappa shape index (κ1) is 17.2. The molecule has 2 aromatic carbocycles. The van der Waals surface area contributed by atoms with Crippen LogP contribution in [-0.2, 0) is 6.54 Å². The zero-order valence-electron chi connectivity index (χ0n) is 15.3. The average molecular weight is 358 g/mol. The van der Waals surface area contributed by atoms with Crippen molar-refractivity contribution in [2.24, 2.45) is 0 Å². The van der Waals surface area contributed by atoms with Crippen molar-refractivity contribution in [2.75, 3.05) is 11.9 Å². The highest BCUT2D eigenvalue weighted by Gasteiger charge is 2.26. The first-order chi connectivity index (χ1) is 13.2. The highest BCUT2D eigenvalue weighted by molar-refractivity contribution is 5.99. The van der Waals surface area contributed by atoms with Crippen LogP contribution >= 0.6 is 0 Å². The zero-order chi connectivity index (χ0) is 18.6. The van der Waals surface area contributed by atoms with E-state index in [2.05, 4.69) is 22.4 Å². The van der Waals surface area contributed by atoms with Crippen LogP contribution in [-0.4, -0.2) is 29.0 Å². The minimum absolute atomic E-state index is 0.105. The summed E-state index contributed by atoms with van der Waals surface area (Å²) in [5, 5.41) is 3.04. The lowest BCUT2D eigenvalue weighted by atomic mass is 10.2. The van der Waals surface area contributed by atoms with Gasteiger partial charge in [-0.05, 0) is 18.4 Å². The lowest BCUT2D eigenvalue weighted by Gasteiger charge is -2.21. The van der Waals surface area contributed by atoms with E-state index in [1.165, 1.54) is 0 Å². The smallest absolute Gasteiger partial charge is 0.256 e. The second kappa shape index (κ2) is 7.58. The third-order valence-electron chi connectivity index (χ3n) is 4.58. The van der Waals surface area contributed by atoms with Gasteiger partial charge in [-0.3, -0.25) is 4.79 Å². The van der Waals surface area contributed by atoms with Gasteiger partial charge in [0.2, 0.25) is 0 Å². The maximum atomic E-state index is 12.7. The molecule has 5 heteroatoms. The van der Waals surface area contributed by atoms with Crippen LogP contribution in [0, 0.1) is 0 Å². The summed E-state index contributed by atoms with van der Waals surface area (Å²) in [5.74, 6) is 1.16. The first-order valence-electron chi connectivity index (χ1n) is 9.19. The van der Waals surface area contributed by atoms with Crippen molar-refractivity contribution in [1.82, 2.24) is 15.3 Å². The molecule has 1 aromatic heterocycles. The Labute approximate surface area is 159 Å². The number of rotatable bonds is 6. The number of carbonyl (C=O) groups is 1. The molecule has 1 heterocycles. The number of hydrogen-bond donors (Lipinski definition) is 1. The van der Waals surface area contributed by atoms with E-state index in [-0.39, 0.29) is 5.91 Å². The van der Waals surface area contributed by atoms with E-state index in [1.807, 2.05) is 60.5 Å². The van der Waals surface area contributed by atoms with Crippen molar-refractivity contribution in [3.63, 3.8) is 0 Å².